The summed E-state index contributed by atoms with van der Waals surface area (Å²) < 4.78 is 31.2. The van der Waals surface area contributed by atoms with Crippen LogP contribution in [0.4, 0.5) is 17.1 Å². The zero-order valence-corrected chi connectivity index (χ0v) is 14.9. The van der Waals surface area contributed by atoms with E-state index in [4.69, 9.17) is 21.4 Å². The van der Waals surface area contributed by atoms with Crippen molar-refractivity contribution in [2.24, 2.45) is 10.7 Å². The minimum Gasteiger partial charge on any atom is -0.399 e. The molecule has 1 aliphatic carbocycles. The van der Waals surface area contributed by atoms with Crippen molar-refractivity contribution in [2.45, 2.75) is 4.90 Å². The second kappa shape index (κ2) is 7.06. The maximum absolute atomic E-state index is 11.1. The third kappa shape index (κ3) is 4.40. The molecule has 0 aromatic heterocycles. The molecular weight excluding hydrogens is 366 g/mol. The number of hydrogen-bond acceptors (Lipinski definition) is 7. The number of nitrogens with two attached hydrogens (primary N) is 2. The van der Waals surface area contributed by atoms with Gasteiger partial charge >= 0.3 is 0 Å². The highest BCUT2D eigenvalue weighted by Crippen LogP contribution is 2.21. The van der Waals surface area contributed by atoms with E-state index in [9.17, 15) is 8.42 Å². The molecule has 0 radical (unpaired) electrons. The molecule has 138 valence electrons. The summed E-state index contributed by atoms with van der Waals surface area (Å²) in [6, 6.07) is 12.4. The van der Waals surface area contributed by atoms with Crippen LogP contribution in [0.5, 0.6) is 0 Å². The lowest BCUT2D eigenvalue weighted by Crippen LogP contribution is -2.21. The number of rotatable bonds is 4. The maximum Gasteiger partial charge on any atom is 0.294 e. The van der Waals surface area contributed by atoms with Crippen LogP contribution in [0.1, 0.15) is 0 Å². The van der Waals surface area contributed by atoms with Gasteiger partial charge in [-0.3, -0.25) is 9.96 Å². The van der Waals surface area contributed by atoms with Crippen LogP contribution in [0.2, 0.25) is 0 Å². The van der Waals surface area contributed by atoms with Gasteiger partial charge in [0.15, 0.2) is 0 Å². The van der Waals surface area contributed by atoms with Gasteiger partial charge in [-0.1, -0.05) is 0 Å². The van der Waals surface area contributed by atoms with Crippen molar-refractivity contribution < 1.29 is 13.0 Å². The Morgan fingerprint density at radius 1 is 0.963 bits per heavy atom. The monoisotopic (exact) mass is 383 g/mol. The maximum atomic E-state index is 11.1. The normalized spacial score (nSPS) is 16.0. The molecule has 1 aliphatic rings. The summed E-state index contributed by atoms with van der Waals surface area (Å²) in [6.45, 7) is 0. The Hall–Kier alpha value is -3.43. The first-order valence-electron chi connectivity index (χ1n) is 7.79. The zero-order chi connectivity index (χ0) is 19.6. The second-order valence-corrected chi connectivity index (χ2v) is 7.21. The molecule has 7 N–H and O–H groups in total. The van der Waals surface area contributed by atoms with Crippen LogP contribution in [0.3, 0.4) is 0 Å². The van der Waals surface area contributed by atoms with Crippen LogP contribution in [-0.2, 0) is 10.1 Å². The van der Waals surface area contributed by atoms with Crippen molar-refractivity contribution >= 4 is 38.6 Å². The Balaban J connectivity index is 1.90. The Labute approximate surface area is 156 Å². The van der Waals surface area contributed by atoms with Crippen molar-refractivity contribution in [3.8, 4) is 0 Å². The third-order valence-corrected chi connectivity index (χ3v) is 4.61. The van der Waals surface area contributed by atoms with E-state index in [1.807, 2.05) is 0 Å². The number of benzene rings is 2. The molecule has 8 nitrogen and oxygen atoms in total. The van der Waals surface area contributed by atoms with Gasteiger partial charge in [0.25, 0.3) is 10.1 Å². The summed E-state index contributed by atoms with van der Waals surface area (Å²) in [5.41, 5.74) is 14.9. The van der Waals surface area contributed by atoms with Crippen molar-refractivity contribution in [3.05, 3.63) is 72.1 Å². The predicted octanol–water partition coefficient (Wildman–Crippen LogP) is 2.46. The van der Waals surface area contributed by atoms with Gasteiger partial charge in [0.05, 0.1) is 33.4 Å². The minimum atomic E-state index is -4.26. The summed E-state index contributed by atoms with van der Waals surface area (Å²) in [5.74, 6) is 0. The lowest BCUT2D eigenvalue weighted by Gasteiger charge is -2.16. The number of anilines is 2. The molecule has 0 fully saturated rings. The van der Waals surface area contributed by atoms with E-state index in [0.717, 1.165) is 5.69 Å². The Kier molecular flexibility index (Phi) is 4.80. The molecule has 0 unspecified atom stereocenters. The molecule has 0 aliphatic heterocycles. The van der Waals surface area contributed by atoms with Crippen LogP contribution in [-0.4, -0.2) is 24.4 Å². The topological polar surface area (TPSA) is 155 Å². The van der Waals surface area contributed by atoms with E-state index < -0.39 is 10.1 Å². The van der Waals surface area contributed by atoms with Crippen molar-refractivity contribution in [2.75, 3.05) is 11.1 Å². The van der Waals surface area contributed by atoms with E-state index in [1.165, 1.54) is 30.3 Å². The van der Waals surface area contributed by atoms with E-state index in [-0.39, 0.29) is 10.6 Å². The highest BCUT2D eigenvalue weighted by molar-refractivity contribution is 7.85. The van der Waals surface area contributed by atoms with Crippen LogP contribution in [0.25, 0.3) is 0 Å². The lowest BCUT2D eigenvalue weighted by atomic mass is 10.0. The highest BCUT2D eigenvalue weighted by atomic mass is 32.2. The summed E-state index contributed by atoms with van der Waals surface area (Å²) in [5, 5.41) is 11.2. The van der Waals surface area contributed by atoms with Crippen LogP contribution in [0, 0.1) is 5.41 Å². The zero-order valence-electron chi connectivity index (χ0n) is 14.0. The average molecular weight is 383 g/mol. The van der Waals surface area contributed by atoms with Gasteiger partial charge in [-0.25, -0.2) is 4.99 Å². The first-order valence-corrected chi connectivity index (χ1v) is 9.23. The first kappa shape index (κ1) is 18.4. The lowest BCUT2D eigenvalue weighted by molar-refractivity contribution is 0.483. The molecule has 0 atom stereocenters. The number of nitrogens with zero attached hydrogens (tertiary/aromatic N) is 1. The molecule has 0 heterocycles. The molecule has 2 aromatic rings. The van der Waals surface area contributed by atoms with Crippen LogP contribution >= 0.6 is 0 Å². The van der Waals surface area contributed by atoms with Crippen LogP contribution in [0.15, 0.2) is 82.0 Å². The standard InChI is InChI=1S/C18H17N5O3S/c19-11-1-3-12(4-2-11)22-17-10-18(16(21)9-15(17)20)23-13-5-7-14(8-6-13)27(24,25)26/h1-10,20,22H,19,21H2,(H,24,25,26). The van der Waals surface area contributed by atoms with Gasteiger partial charge in [0.2, 0.25) is 0 Å². The van der Waals surface area contributed by atoms with Crippen molar-refractivity contribution in [3.63, 3.8) is 0 Å². The number of nitrogens with one attached hydrogen (secondary N) is 2. The Bertz CT molecular complexity index is 1080. The fraction of sp³-hybridized carbons (Fsp3) is 0. The summed E-state index contributed by atoms with van der Waals surface area (Å²) >= 11 is 0. The third-order valence-electron chi connectivity index (χ3n) is 3.74. The van der Waals surface area contributed by atoms with E-state index in [0.29, 0.717) is 28.5 Å². The van der Waals surface area contributed by atoms with Gasteiger partial charge in [-0.05, 0) is 60.7 Å². The summed E-state index contributed by atoms with van der Waals surface area (Å²) in [4.78, 5) is 4.16. The molecule has 0 spiro atoms. The number of nitrogen functional groups attached to an aromatic ring is 1. The van der Waals surface area contributed by atoms with Gasteiger partial charge in [-0.15, -0.1) is 0 Å². The van der Waals surface area contributed by atoms with Crippen molar-refractivity contribution in [1.29, 1.82) is 5.41 Å². The predicted molar refractivity (Wildman–Crippen MR) is 106 cm³/mol. The fourth-order valence-corrected chi connectivity index (χ4v) is 2.84. The summed E-state index contributed by atoms with van der Waals surface area (Å²) in [7, 11) is -4.26. The molecule has 9 heteroatoms. The van der Waals surface area contributed by atoms with Gasteiger partial charge < -0.3 is 16.8 Å². The van der Waals surface area contributed by atoms with Gasteiger partial charge in [0.1, 0.15) is 0 Å². The summed E-state index contributed by atoms with van der Waals surface area (Å²) in [6.07, 6.45) is 3.11. The van der Waals surface area contributed by atoms with E-state index >= 15 is 0 Å². The average Bonchev–Trinajstić information content (AvgIpc) is 2.60. The van der Waals surface area contributed by atoms with E-state index in [1.54, 1.807) is 30.3 Å². The Morgan fingerprint density at radius 2 is 1.59 bits per heavy atom. The molecule has 27 heavy (non-hydrogen) atoms. The smallest absolute Gasteiger partial charge is 0.294 e. The fourth-order valence-electron chi connectivity index (χ4n) is 2.36. The molecular formula is C18H17N5O3S. The SMILES string of the molecule is N=C1C=C(N)C(=Nc2ccc(S(=O)(=O)O)cc2)C=C1Nc1ccc(N)cc1. The minimum absolute atomic E-state index is 0.199. The molecule has 0 saturated carbocycles. The van der Waals surface area contributed by atoms with Gasteiger partial charge in [-0.2, -0.15) is 8.42 Å². The number of aliphatic imine (C=N–C) groups is 1. The van der Waals surface area contributed by atoms with E-state index in [2.05, 4.69) is 10.3 Å². The number of allylic oxidation sites excluding steroid dienone is 2. The molecule has 3 rings (SSSR count). The van der Waals surface area contributed by atoms with Gasteiger partial charge in [0, 0.05) is 11.4 Å². The van der Waals surface area contributed by atoms with Crippen LogP contribution < -0.4 is 16.8 Å². The van der Waals surface area contributed by atoms with Crippen molar-refractivity contribution in [1.82, 2.24) is 0 Å². The molecule has 0 saturated heterocycles. The molecule has 2 aromatic carbocycles. The second-order valence-electron chi connectivity index (χ2n) is 5.78. The largest absolute Gasteiger partial charge is 0.399 e. The quantitative estimate of drug-likeness (QED) is 0.310. The first-order chi connectivity index (χ1) is 12.7. The Morgan fingerprint density at radius 3 is 2.19 bits per heavy atom. The number of hydrogen-bond donors (Lipinski definition) is 5. The molecule has 0 bridgehead atoms. The highest BCUT2D eigenvalue weighted by Gasteiger charge is 2.15. The molecule has 0 amide bonds.